The Morgan fingerprint density at radius 3 is 1.50 bits per heavy atom. The van der Waals surface area contributed by atoms with Gasteiger partial charge in [0, 0.05) is 12.5 Å². The number of benzene rings is 5. The minimum atomic E-state index is -0.279. The lowest BCUT2D eigenvalue weighted by Crippen LogP contribution is -2.28. The molecule has 1 heteroatoms. The van der Waals surface area contributed by atoms with Gasteiger partial charge in [0.1, 0.15) is 0 Å². The third kappa shape index (κ3) is 18.0. The molecule has 3 aliphatic carbocycles. The maximum absolute atomic E-state index is 7.00. The van der Waals surface area contributed by atoms with Gasteiger partial charge in [-0.05, 0) is 128 Å². The fraction of sp³-hybridized carbons (Fsp3) is 0.200. The smallest absolute Gasteiger partial charge is 0.0319 e. The molecule has 0 radical (unpaired) electrons. The van der Waals surface area contributed by atoms with Crippen LogP contribution < -0.4 is 0 Å². The minimum Gasteiger partial charge on any atom is -0.400 e. The quantitative estimate of drug-likeness (QED) is 0.175. The number of aryl methyl sites for hydroxylation is 3. The van der Waals surface area contributed by atoms with Crippen LogP contribution in [-0.2, 0) is 11.8 Å². The van der Waals surface area contributed by atoms with Crippen LogP contribution in [0.15, 0.2) is 262 Å². The minimum absolute atomic E-state index is 0.279. The Labute approximate surface area is 401 Å². The molecule has 0 saturated heterocycles. The zero-order valence-corrected chi connectivity index (χ0v) is 41.1. The highest BCUT2D eigenvalue weighted by Crippen LogP contribution is 2.45. The third-order valence-corrected chi connectivity index (χ3v) is 10.9. The van der Waals surface area contributed by atoms with E-state index in [2.05, 4.69) is 211 Å². The SMILES string of the molecule is C=C.C=C1/C=C\C=C/CC2(C/C=C\C=C/1)C(=C)/C=C\C1=C(C=CCC1)Cc1ccc(-c3cccc(-c4cccc(C)c4)c3)cc12.C=CC.CC.CO.Cc1ccccc1.Cc1ccccc1. The first kappa shape index (κ1) is 55.3. The van der Waals surface area contributed by atoms with Crippen molar-refractivity contribution < 1.29 is 5.11 Å². The van der Waals surface area contributed by atoms with E-state index in [0.29, 0.717) is 0 Å². The van der Waals surface area contributed by atoms with E-state index >= 15 is 0 Å². The first-order valence-electron chi connectivity index (χ1n) is 23.2. The van der Waals surface area contributed by atoms with Gasteiger partial charge in [0.25, 0.3) is 0 Å². The lowest BCUT2D eigenvalue weighted by Gasteiger charge is -2.36. The highest BCUT2D eigenvalue weighted by molar-refractivity contribution is 5.74. The van der Waals surface area contributed by atoms with E-state index in [9.17, 15) is 0 Å². The molecule has 0 heterocycles. The molecule has 0 amide bonds. The van der Waals surface area contributed by atoms with Gasteiger partial charge in [0.05, 0.1) is 0 Å². The summed E-state index contributed by atoms with van der Waals surface area (Å²) in [5, 5.41) is 7.00. The van der Waals surface area contributed by atoms with E-state index < -0.39 is 0 Å². The Kier molecular flexibility index (Phi) is 26.8. The van der Waals surface area contributed by atoms with Crippen molar-refractivity contribution in [1.29, 1.82) is 0 Å². The van der Waals surface area contributed by atoms with Crippen molar-refractivity contribution in [3.63, 3.8) is 0 Å². The van der Waals surface area contributed by atoms with Crippen LogP contribution in [0.25, 0.3) is 22.3 Å². The summed E-state index contributed by atoms with van der Waals surface area (Å²) in [5.74, 6) is 0. The largest absolute Gasteiger partial charge is 0.400 e. The van der Waals surface area contributed by atoms with Crippen molar-refractivity contribution >= 4 is 0 Å². The number of hydrogen-bond acceptors (Lipinski definition) is 1. The topological polar surface area (TPSA) is 20.2 Å². The van der Waals surface area contributed by atoms with Crippen molar-refractivity contribution in [1.82, 2.24) is 0 Å². The fourth-order valence-corrected chi connectivity index (χ4v) is 7.64. The van der Waals surface area contributed by atoms with Gasteiger partial charge in [-0.1, -0.05) is 238 Å². The van der Waals surface area contributed by atoms with Crippen molar-refractivity contribution in [2.75, 3.05) is 7.11 Å². The van der Waals surface area contributed by atoms with Crippen LogP contribution in [0.3, 0.4) is 0 Å². The fourth-order valence-electron chi connectivity index (χ4n) is 7.64. The van der Waals surface area contributed by atoms with Gasteiger partial charge in [-0.15, -0.1) is 19.7 Å². The molecule has 1 N–H and O–H groups in total. The predicted molar refractivity (Wildman–Crippen MR) is 295 cm³/mol. The van der Waals surface area contributed by atoms with Gasteiger partial charge in [-0.3, -0.25) is 0 Å². The molecular weight excluding hydrogens is 797 g/mol. The lowest BCUT2D eigenvalue weighted by molar-refractivity contribution is 0.399. The number of hydrogen-bond donors (Lipinski definition) is 1. The van der Waals surface area contributed by atoms with Crippen LogP contribution in [0.2, 0.25) is 0 Å². The van der Waals surface area contributed by atoms with Crippen molar-refractivity contribution in [2.45, 2.75) is 79.1 Å². The molecule has 1 spiro atoms. The summed E-state index contributed by atoms with van der Waals surface area (Å²) in [6, 6.07) is 45.4. The predicted octanol–water partition coefficient (Wildman–Crippen LogP) is 18.1. The summed E-state index contributed by atoms with van der Waals surface area (Å²) in [6.45, 7) is 30.5. The van der Waals surface area contributed by atoms with E-state index in [1.807, 2.05) is 57.2 Å². The van der Waals surface area contributed by atoms with Gasteiger partial charge in [-0.25, -0.2) is 0 Å². The van der Waals surface area contributed by atoms with Crippen LogP contribution in [0.5, 0.6) is 0 Å². The molecule has 1 nitrogen and oxygen atoms in total. The maximum atomic E-state index is 7.00. The van der Waals surface area contributed by atoms with Gasteiger partial charge in [0.2, 0.25) is 0 Å². The molecule has 0 aliphatic heterocycles. The van der Waals surface area contributed by atoms with Crippen molar-refractivity contribution in [2.24, 2.45) is 0 Å². The number of fused-ring (bicyclic) bond motifs is 2. The Hall–Kier alpha value is -6.80. The molecular formula is C65H76O. The second-order valence-corrected chi connectivity index (χ2v) is 15.7. The molecule has 0 atom stereocenters. The molecule has 3 aliphatic rings. The van der Waals surface area contributed by atoms with Gasteiger partial charge in [-0.2, -0.15) is 0 Å². The third-order valence-electron chi connectivity index (χ3n) is 10.9. The molecule has 5 aromatic carbocycles. The molecule has 8 rings (SSSR count). The van der Waals surface area contributed by atoms with E-state index in [-0.39, 0.29) is 5.41 Å². The number of rotatable bonds is 2. The van der Waals surface area contributed by atoms with E-state index in [0.717, 1.165) is 50.4 Å². The molecule has 0 unspecified atom stereocenters. The zero-order chi connectivity index (χ0) is 48.6. The molecule has 66 heavy (non-hydrogen) atoms. The highest BCUT2D eigenvalue weighted by atomic mass is 16.2. The molecule has 0 aromatic heterocycles. The first-order chi connectivity index (χ1) is 32.2. The Balaban J connectivity index is 0.000000537. The zero-order valence-electron chi connectivity index (χ0n) is 41.1. The van der Waals surface area contributed by atoms with E-state index in [1.54, 1.807) is 6.08 Å². The summed E-state index contributed by atoms with van der Waals surface area (Å²) in [4.78, 5) is 0. The van der Waals surface area contributed by atoms with Gasteiger partial charge < -0.3 is 5.11 Å². The summed E-state index contributed by atoms with van der Waals surface area (Å²) >= 11 is 0. The maximum Gasteiger partial charge on any atom is 0.0319 e. The summed E-state index contributed by atoms with van der Waals surface area (Å²) in [5.41, 5.74) is 16.4. The van der Waals surface area contributed by atoms with Gasteiger partial charge >= 0.3 is 0 Å². The van der Waals surface area contributed by atoms with Crippen LogP contribution in [0, 0.1) is 20.8 Å². The average Bonchev–Trinajstić information content (AvgIpc) is 3.40. The molecule has 0 fully saturated rings. The number of allylic oxidation sites excluding steroid dienone is 17. The van der Waals surface area contributed by atoms with Gasteiger partial charge in [0.15, 0.2) is 0 Å². The molecule has 0 bridgehead atoms. The highest BCUT2D eigenvalue weighted by Gasteiger charge is 2.35. The number of aliphatic hydroxyl groups is 1. The van der Waals surface area contributed by atoms with Crippen LogP contribution in [0.4, 0.5) is 0 Å². The summed E-state index contributed by atoms with van der Waals surface area (Å²) in [6.07, 6.45) is 33.2. The monoisotopic (exact) mass is 873 g/mol. The standard InChI is InChI=1S/C43H40.2C7H8.C3H6.C2H6.C2H4.CH4O/c1-32-14-6-4-10-26-43(27-11-5-7-15-32)34(3)22-23-35-17-8-9-18-37(35)30-41-25-24-40(31-42(41)43)39-21-13-20-38(29-39)36-19-12-16-33(2)28-36;2*1-7-5-3-2-4-6-7;1-3-2;3*1-2/h4-7,9-16,18-25,28-29,31H,1,3,8,17,26-27,30H2,2H3;2*2-6H,1H3;3H,1H2,2H3;1-2H3;1-2H2;2H,1H3/b10-4-,11-5-,14-6-,15-7-,23-22-;;;;;;. The lowest BCUT2D eigenvalue weighted by atomic mass is 9.67. The number of aliphatic hydroxyl groups excluding tert-OH is 1. The second kappa shape index (κ2) is 32.0. The normalized spacial score (nSPS) is 16.4. The van der Waals surface area contributed by atoms with E-state index in [1.165, 1.54) is 61.2 Å². The van der Waals surface area contributed by atoms with Crippen LogP contribution >= 0.6 is 0 Å². The Morgan fingerprint density at radius 1 is 0.515 bits per heavy atom. The second-order valence-electron chi connectivity index (χ2n) is 15.7. The summed E-state index contributed by atoms with van der Waals surface area (Å²) < 4.78 is 0. The first-order valence-corrected chi connectivity index (χ1v) is 23.2. The van der Waals surface area contributed by atoms with Crippen LogP contribution in [-0.4, -0.2) is 12.2 Å². The van der Waals surface area contributed by atoms with E-state index in [4.69, 9.17) is 11.7 Å². The van der Waals surface area contributed by atoms with Crippen molar-refractivity contribution in [3.05, 3.63) is 289 Å². The average molecular weight is 873 g/mol. The molecule has 342 valence electrons. The van der Waals surface area contributed by atoms with Crippen LogP contribution in [0.1, 0.15) is 74.3 Å². The molecule has 0 saturated carbocycles. The summed E-state index contributed by atoms with van der Waals surface area (Å²) in [7, 11) is 1.00. The molecule has 5 aromatic rings. The Morgan fingerprint density at radius 2 is 1.00 bits per heavy atom. The Bertz CT molecular complexity index is 2380. The van der Waals surface area contributed by atoms with Crippen molar-refractivity contribution in [3.8, 4) is 22.3 Å².